The molecule has 8 heteroatoms. The first-order chi connectivity index (χ1) is 15.8. The van der Waals surface area contributed by atoms with E-state index in [2.05, 4.69) is 55.0 Å². The average Bonchev–Trinajstić information content (AvgIpc) is 3.18. The van der Waals surface area contributed by atoms with Crippen LogP contribution in [0.4, 0.5) is 5.69 Å². The topological polar surface area (TPSA) is 78.3 Å². The Kier molecular flexibility index (Phi) is 8.16. The molecule has 0 aliphatic carbocycles. The minimum absolute atomic E-state index is 0.0909. The number of allylic oxidation sites excluding steroid dienone is 1. The third-order valence-electron chi connectivity index (χ3n) is 4.88. The Balaban J connectivity index is 1.60. The van der Waals surface area contributed by atoms with Gasteiger partial charge in [0, 0.05) is 18.3 Å². The monoisotopic (exact) mass is 466 g/mol. The number of amides is 1. The summed E-state index contributed by atoms with van der Waals surface area (Å²) in [5.74, 6) is 2.18. The molecule has 174 valence electrons. The van der Waals surface area contributed by atoms with E-state index >= 15 is 0 Å². The number of benzene rings is 2. The number of hydrogen-bond donors (Lipinski definition) is 1. The quantitative estimate of drug-likeness (QED) is 0.332. The Morgan fingerprint density at radius 3 is 2.58 bits per heavy atom. The Morgan fingerprint density at radius 1 is 1.15 bits per heavy atom. The molecule has 0 aliphatic heterocycles. The highest BCUT2D eigenvalue weighted by atomic mass is 32.2. The van der Waals surface area contributed by atoms with Gasteiger partial charge in [-0.25, -0.2) is 0 Å². The van der Waals surface area contributed by atoms with E-state index in [4.69, 9.17) is 9.47 Å². The largest absolute Gasteiger partial charge is 0.497 e. The second kappa shape index (κ2) is 11.0. The normalized spacial score (nSPS) is 11.2. The number of nitrogens with zero attached hydrogens (tertiary/aromatic N) is 3. The number of anilines is 1. The van der Waals surface area contributed by atoms with Crippen LogP contribution in [0.3, 0.4) is 0 Å². The summed E-state index contributed by atoms with van der Waals surface area (Å²) in [6, 6.07) is 15.3. The molecule has 0 radical (unpaired) electrons. The Labute approximate surface area is 199 Å². The predicted molar refractivity (Wildman–Crippen MR) is 132 cm³/mol. The number of thioether (sulfide) groups is 1. The summed E-state index contributed by atoms with van der Waals surface area (Å²) >= 11 is 1.31. The summed E-state index contributed by atoms with van der Waals surface area (Å²) < 4.78 is 13.0. The molecule has 0 atom stereocenters. The van der Waals surface area contributed by atoms with Gasteiger partial charge < -0.3 is 14.8 Å². The van der Waals surface area contributed by atoms with Gasteiger partial charge in [0.2, 0.25) is 5.91 Å². The number of nitrogens with one attached hydrogen (secondary N) is 1. The van der Waals surface area contributed by atoms with Crippen molar-refractivity contribution in [2.45, 2.75) is 44.5 Å². The molecule has 33 heavy (non-hydrogen) atoms. The van der Waals surface area contributed by atoms with E-state index in [1.165, 1.54) is 17.3 Å². The zero-order chi connectivity index (χ0) is 23.8. The molecule has 0 bridgehead atoms. The first-order valence-electron chi connectivity index (χ1n) is 10.6. The standard InChI is InChI=1S/C25H30N4O3S/c1-6-14-29-22(16-32-20-12-10-18(11-13-20)25(2,3)4)27-28-24(29)33-17-23(30)26-19-8-7-9-21(15-19)31-5/h6-13,15H,1,14,16-17H2,2-5H3,(H,26,30). The van der Waals surface area contributed by atoms with Gasteiger partial charge in [0.15, 0.2) is 11.0 Å². The van der Waals surface area contributed by atoms with Crippen LogP contribution >= 0.6 is 11.8 Å². The Morgan fingerprint density at radius 2 is 1.91 bits per heavy atom. The summed E-state index contributed by atoms with van der Waals surface area (Å²) in [5.41, 5.74) is 2.02. The van der Waals surface area contributed by atoms with Gasteiger partial charge in [0.05, 0.1) is 12.9 Å². The first-order valence-corrected chi connectivity index (χ1v) is 11.6. The summed E-state index contributed by atoms with van der Waals surface area (Å²) in [4.78, 5) is 12.4. The van der Waals surface area contributed by atoms with Gasteiger partial charge in [-0.1, -0.05) is 56.8 Å². The van der Waals surface area contributed by atoms with E-state index < -0.39 is 0 Å². The SMILES string of the molecule is C=CCn1c(COc2ccc(C(C)(C)C)cc2)nnc1SCC(=O)Nc1cccc(OC)c1. The minimum atomic E-state index is -0.141. The molecule has 1 amide bonds. The van der Waals surface area contributed by atoms with Crippen LogP contribution in [-0.4, -0.2) is 33.5 Å². The molecular formula is C25H30N4O3S. The third-order valence-corrected chi connectivity index (χ3v) is 5.85. The molecule has 1 heterocycles. The molecule has 2 aromatic carbocycles. The number of rotatable bonds is 10. The Bertz CT molecular complexity index is 1090. The fraction of sp³-hybridized carbons (Fsp3) is 0.320. The van der Waals surface area contributed by atoms with Crippen LogP contribution in [0.2, 0.25) is 0 Å². The van der Waals surface area contributed by atoms with Crippen molar-refractivity contribution in [2.24, 2.45) is 0 Å². The van der Waals surface area contributed by atoms with Crippen molar-refractivity contribution in [3.8, 4) is 11.5 Å². The van der Waals surface area contributed by atoms with E-state index in [0.29, 0.717) is 29.0 Å². The van der Waals surface area contributed by atoms with Gasteiger partial charge in [-0.15, -0.1) is 16.8 Å². The lowest BCUT2D eigenvalue weighted by atomic mass is 9.87. The molecule has 1 aromatic heterocycles. The van der Waals surface area contributed by atoms with Gasteiger partial charge in [0.25, 0.3) is 0 Å². The highest BCUT2D eigenvalue weighted by Crippen LogP contribution is 2.25. The van der Waals surface area contributed by atoms with Crippen LogP contribution in [0.1, 0.15) is 32.2 Å². The molecule has 1 N–H and O–H groups in total. The van der Waals surface area contributed by atoms with E-state index in [-0.39, 0.29) is 23.7 Å². The van der Waals surface area contributed by atoms with Crippen molar-refractivity contribution in [1.29, 1.82) is 0 Å². The molecule has 0 saturated carbocycles. The van der Waals surface area contributed by atoms with Crippen molar-refractivity contribution >= 4 is 23.4 Å². The van der Waals surface area contributed by atoms with Crippen LogP contribution in [-0.2, 0) is 23.4 Å². The number of hydrogen-bond acceptors (Lipinski definition) is 6. The smallest absolute Gasteiger partial charge is 0.234 e. The molecular weight excluding hydrogens is 436 g/mol. The highest BCUT2D eigenvalue weighted by molar-refractivity contribution is 7.99. The predicted octanol–water partition coefficient (Wildman–Crippen LogP) is 5.08. The molecule has 3 aromatic rings. The number of methoxy groups -OCH3 is 1. The minimum Gasteiger partial charge on any atom is -0.497 e. The van der Waals surface area contributed by atoms with Crippen molar-refractivity contribution < 1.29 is 14.3 Å². The fourth-order valence-electron chi connectivity index (χ4n) is 3.07. The molecule has 7 nitrogen and oxygen atoms in total. The number of carbonyl (C=O) groups is 1. The van der Waals surface area contributed by atoms with Crippen LogP contribution in [0.25, 0.3) is 0 Å². The lowest BCUT2D eigenvalue weighted by molar-refractivity contribution is -0.113. The number of ether oxygens (including phenoxy) is 2. The summed E-state index contributed by atoms with van der Waals surface area (Å²) in [5, 5.41) is 12.0. The summed E-state index contributed by atoms with van der Waals surface area (Å²) in [6.45, 7) is 11.1. The van der Waals surface area contributed by atoms with Gasteiger partial charge >= 0.3 is 0 Å². The third kappa shape index (κ3) is 6.86. The molecule has 0 saturated heterocycles. The van der Waals surface area contributed by atoms with Gasteiger partial charge in [-0.3, -0.25) is 9.36 Å². The van der Waals surface area contributed by atoms with Gasteiger partial charge in [-0.05, 0) is 35.2 Å². The summed E-state index contributed by atoms with van der Waals surface area (Å²) in [7, 11) is 1.59. The second-order valence-electron chi connectivity index (χ2n) is 8.43. The first kappa shape index (κ1) is 24.4. The van der Waals surface area contributed by atoms with Crippen LogP contribution in [0, 0.1) is 0 Å². The van der Waals surface area contributed by atoms with Crippen molar-refractivity contribution in [3.63, 3.8) is 0 Å². The zero-order valence-corrected chi connectivity index (χ0v) is 20.3. The fourth-order valence-corrected chi connectivity index (χ4v) is 3.84. The molecule has 0 fully saturated rings. The lowest BCUT2D eigenvalue weighted by Gasteiger charge is -2.19. The maximum atomic E-state index is 12.4. The molecule has 3 rings (SSSR count). The van der Waals surface area contributed by atoms with Gasteiger partial charge in [0.1, 0.15) is 18.1 Å². The van der Waals surface area contributed by atoms with Crippen molar-refractivity contribution in [1.82, 2.24) is 14.8 Å². The maximum Gasteiger partial charge on any atom is 0.234 e. The second-order valence-corrected chi connectivity index (χ2v) is 9.37. The molecule has 0 aliphatic rings. The van der Waals surface area contributed by atoms with Crippen LogP contribution in [0.15, 0.2) is 66.3 Å². The Hall–Kier alpha value is -3.26. The summed E-state index contributed by atoms with van der Waals surface area (Å²) in [6.07, 6.45) is 1.77. The molecule has 0 spiro atoms. The van der Waals surface area contributed by atoms with E-state index in [0.717, 1.165) is 5.75 Å². The number of aromatic nitrogens is 3. The average molecular weight is 467 g/mol. The van der Waals surface area contributed by atoms with Crippen LogP contribution < -0.4 is 14.8 Å². The number of carbonyl (C=O) groups excluding carboxylic acids is 1. The van der Waals surface area contributed by atoms with Crippen molar-refractivity contribution in [3.05, 3.63) is 72.6 Å². The van der Waals surface area contributed by atoms with E-state index in [1.807, 2.05) is 34.9 Å². The van der Waals surface area contributed by atoms with Gasteiger partial charge in [-0.2, -0.15) is 0 Å². The molecule has 0 unspecified atom stereocenters. The maximum absolute atomic E-state index is 12.4. The highest BCUT2D eigenvalue weighted by Gasteiger charge is 2.16. The zero-order valence-electron chi connectivity index (χ0n) is 19.5. The van der Waals surface area contributed by atoms with E-state index in [1.54, 1.807) is 19.3 Å². The van der Waals surface area contributed by atoms with Crippen LogP contribution in [0.5, 0.6) is 11.5 Å². The lowest BCUT2D eigenvalue weighted by Crippen LogP contribution is -2.15. The van der Waals surface area contributed by atoms with E-state index in [9.17, 15) is 4.79 Å². The van der Waals surface area contributed by atoms with Crippen molar-refractivity contribution in [2.75, 3.05) is 18.2 Å².